The van der Waals surface area contributed by atoms with E-state index in [1.165, 1.54) is 12.1 Å². The molecule has 6 heteroatoms. The monoisotopic (exact) mass is 318 g/mol. The quantitative estimate of drug-likeness (QED) is 0.585. The van der Waals surface area contributed by atoms with Crippen molar-refractivity contribution in [2.24, 2.45) is 0 Å². The lowest BCUT2D eigenvalue weighted by molar-refractivity contribution is 0.00578. The minimum Gasteiger partial charge on any atom is -0.399 e. The smallest absolute Gasteiger partial charge is 0.399 e. The minimum atomic E-state index is -1.03. The third-order valence-electron chi connectivity index (χ3n) is 3.57. The van der Waals surface area contributed by atoms with Crippen LogP contribution in [0, 0.1) is 11.6 Å². The van der Waals surface area contributed by atoms with Crippen LogP contribution in [0.2, 0.25) is 0 Å². The van der Waals surface area contributed by atoms with Gasteiger partial charge in [-0.3, -0.25) is 0 Å². The fraction of sp³-hybridized carbons (Fsp3) is 0.500. The van der Waals surface area contributed by atoms with E-state index in [4.69, 9.17) is 9.31 Å². The normalized spacial score (nSPS) is 21.4. The van der Waals surface area contributed by atoms with Gasteiger partial charge in [-0.05, 0) is 55.8 Å². The zero-order valence-electron chi connectivity index (χ0n) is 10.7. The SMILES string of the molecule is CC1(C)OB(c2c(F)ccc(Br)c2F)OC1(C)C. The molecule has 1 fully saturated rings. The second-order valence-electron chi connectivity index (χ2n) is 5.35. The Balaban J connectivity index is 2.44. The maximum absolute atomic E-state index is 14.0. The van der Waals surface area contributed by atoms with E-state index in [0.717, 1.165) is 0 Å². The molecule has 1 heterocycles. The molecule has 1 aromatic rings. The topological polar surface area (TPSA) is 18.5 Å². The Bertz CT molecular complexity index is 475. The Labute approximate surface area is 114 Å². The van der Waals surface area contributed by atoms with Crippen LogP contribution in [-0.4, -0.2) is 18.3 Å². The number of benzene rings is 1. The van der Waals surface area contributed by atoms with E-state index in [-0.39, 0.29) is 9.94 Å². The Hall–Kier alpha value is -0.455. The van der Waals surface area contributed by atoms with Crippen molar-refractivity contribution in [3.63, 3.8) is 0 Å². The summed E-state index contributed by atoms with van der Waals surface area (Å²) in [4.78, 5) is 0. The first-order valence-electron chi connectivity index (χ1n) is 5.65. The van der Waals surface area contributed by atoms with Gasteiger partial charge in [-0.25, -0.2) is 8.78 Å². The molecule has 2 rings (SSSR count). The van der Waals surface area contributed by atoms with Gasteiger partial charge in [0, 0.05) is 0 Å². The Morgan fingerprint density at radius 3 is 2.06 bits per heavy atom. The molecule has 0 amide bonds. The molecule has 1 aromatic carbocycles. The third-order valence-corrected chi connectivity index (χ3v) is 4.18. The van der Waals surface area contributed by atoms with Gasteiger partial charge >= 0.3 is 7.12 Å². The summed E-state index contributed by atoms with van der Waals surface area (Å²) >= 11 is 3.03. The van der Waals surface area contributed by atoms with Gasteiger partial charge in [0.2, 0.25) is 0 Å². The molecular weight excluding hydrogens is 305 g/mol. The van der Waals surface area contributed by atoms with Crippen molar-refractivity contribution in [1.29, 1.82) is 0 Å². The summed E-state index contributed by atoms with van der Waals surface area (Å²) < 4.78 is 39.2. The van der Waals surface area contributed by atoms with Crippen molar-refractivity contribution in [2.75, 3.05) is 0 Å². The zero-order valence-corrected chi connectivity index (χ0v) is 12.3. The van der Waals surface area contributed by atoms with Crippen molar-refractivity contribution < 1.29 is 18.1 Å². The maximum atomic E-state index is 14.0. The lowest BCUT2D eigenvalue weighted by atomic mass is 9.78. The fourth-order valence-electron chi connectivity index (χ4n) is 1.72. The molecule has 0 bridgehead atoms. The first kappa shape index (κ1) is 14.0. The van der Waals surface area contributed by atoms with Gasteiger partial charge < -0.3 is 9.31 Å². The van der Waals surface area contributed by atoms with Gasteiger partial charge in [-0.2, -0.15) is 0 Å². The lowest BCUT2D eigenvalue weighted by Crippen LogP contribution is -2.41. The average Bonchev–Trinajstić information content (AvgIpc) is 2.43. The van der Waals surface area contributed by atoms with E-state index in [2.05, 4.69) is 15.9 Å². The highest BCUT2D eigenvalue weighted by Crippen LogP contribution is 2.37. The van der Waals surface area contributed by atoms with E-state index >= 15 is 0 Å². The van der Waals surface area contributed by atoms with Gasteiger partial charge in [-0.1, -0.05) is 0 Å². The van der Waals surface area contributed by atoms with E-state index in [0.29, 0.717) is 0 Å². The van der Waals surface area contributed by atoms with E-state index in [1.807, 2.05) is 27.7 Å². The highest BCUT2D eigenvalue weighted by molar-refractivity contribution is 9.10. The molecule has 0 radical (unpaired) electrons. The average molecular weight is 319 g/mol. The molecule has 1 aliphatic heterocycles. The first-order valence-corrected chi connectivity index (χ1v) is 6.44. The van der Waals surface area contributed by atoms with Crippen LogP contribution < -0.4 is 5.46 Å². The molecular formula is C12H14BBrF2O2. The van der Waals surface area contributed by atoms with Crippen LogP contribution in [0.4, 0.5) is 8.78 Å². The molecule has 2 nitrogen and oxygen atoms in total. The number of rotatable bonds is 1. The summed E-state index contributed by atoms with van der Waals surface area (Å²) in [6, 6.07) is 2.51. The third kappa shape index (κ3) is 2.10. The lowest BCUT2D eigenvalue weighted by Gasteiger charge is -2.32. The van der Waals surface area contributed by atoms with Crippen LogP contribution in [0.15, 0.2) is 16.6 Å². The van der Waals surface area contributed by atoms with Crippen LogP contribution in [-0.2, 0) is 9.31 Å². The molecule has 18 heavy (non-hydrogen) atoms. The Morgan fingerprint density at radius 2 is 1.56 bits per heavy atom. The highest BCUT2D eigenvalue weighted by Gasteiger charge is 2.53. The van der Waals surface area contributed by atoms with Crippen LogP contribution in [0.1, 0.15) is 27.7 Å². The summed E-state index contributed by atoms with van der Waals surface area (Å²) in [7, 11) is -1.03. The molecule has 0 aliphatic carbocycles. The number of hydrogen-bond acceptors (Lipinski definition) is 2. The Morgan fingerprint density at radius 1 is 1.06 bits per heavy atom. The molecule has 0 unspecified atom stereocenters. The van der Waals surface area contributed by atoms with Crippen LogP contribution >= 0.6 is 15.9 Å². The number of halogens is 3. The maximum Gasteiger partial charge on any atom is 0.500 e. The van der Waals surface area contributed by atoms with Crippen LogP contribution in [0.5, 0.6) is 0 Å². The second-order valence-corrected chi connectivity index (χ2v) is 6.20. The molecule has 0 atom stereocenters. The molecule has 98 valence electrons. The standard InChI is InChI=1S/C12H14BBrF2O2/c1-11(2)12(3,4)18-13(17-11)9-8(15)6-5-7(14)10(9)16/h5-6H,1-4H3. The van der Waals surface area contributed by atoms with Crippen molar-refractivity contribution in [1.82, 2.24) is 0 Å². The summed E-state index contributed by atoms with van der Waals surface area (Å²) in [5.74, 6) is -1.36. The van der Waals surface area contributed by atoms with Crippen molar-refractivity contribution in [3.8, 4) is 0 Å². The van der Waals surface area contributed by atoms with Gasteiger partial charge in [-0.15, -0.1) is 0 Å². The summed E-state index contributed by atoms with van der Waals surface area (Å²) in [5.41, 5.74) is -1.44. The minimum absolute atomic E-state index is 0.189. The van der Waals surface area contributed by atoms with Crippen LogP contribution in [0.3, 0.4) is 0 Å². The van der Waals surface area contributed by atoms with Gasteiger partial charge in [0.25, 0.3) is 0 Å². The van der Waals surface area contributed by atoms with Crippen molar-refractivity contribution in [3.05, 3.63) is 28.2 Å². The summed E-state index contributed by atoms with van der Waals surface area (Å²) in [6.45, 7) is 7.34. The van der Waals surface area contributed by atoms with Crippen LogP contribution in [0.25, 0.3) is 0 Å². The molecule has 0 spiro atoms. The van der Waals surface area contributed by atoms with E-state index < -0.39 is 30.0 Å². The molecule has 0 aromatic heterocycles. The highest BCUT2D eigenvalue weighted by atomic mass is 79.9. The van der Waals surface area contributed by atoms with Crippen molar-refractivity contribution >= 4 is 28.5 Å². The van der Waals surface area contributed by atoms with Crippen molar-refractivity contribution in [2.45, 2.75) is 38.9 Å². The molecule has 1 aliphatic rings. The van der Waals surface area contributed by atoms with E-state index in [9.17, 15) is 8.78 Å². The predicted octanol–water partition coefficient (Wildman–Crippen LogP) is 3.03. The van der Waals surface area contributed by atoms with Gasteiger partial charge in [0.05, 0.1) is 21.1 Å². The van der Waals surface area contributed by atoms with Gasteiger partial charge in [0.1, 0.15) is 11.6 Å². The Kier molecular flexibility index (Phi) is 3.32. The summed E-state index contributed by atoms with van der Waals surface area (Å²) in [6.07, 6.45) is 0. The van der Waals surface area contributed by atoms with Gasteiger partial charge in [0.15, 0.2) is 0 Å². The van der Waals surface area contributed by atoms with E-state index in [1.54, 1.807) is 0 Å². The first-order chi connectivity index (χ1) is 8.16. The predicted molar refractivity (Wildman–Crippen MR) is 69.8 cm³/mol. The largest absolute Gasteiger partial charge is 0.500 e. The molecule has 0 saturated carbocycles. The zero-order chi connectivity index (χ0) is 13.7. The number of hydrogen-bond donors (Lipinski definition) is 0. The fourth-order valence-corrected chi connectivity index (χ4v) is 2.07. The molecule has 1 saturated heterocycles. The second kappa shape index (κ2) is 4.29. The summed E-state index contributed by atoms with van der Waals surface area (Å²) in [5, 5.41) is 0. The molecule has 0 N–H and O–H groups in total.